The average molecular weight is 262 g/mol. The predicted octanol–water partition coefficient (Wildman–Crippen LogP) is -0.704. The molecule has 0 bridgehead atoms. The SMILES string of the molecule is NC(C(=O)O)[C@@H](N)S(=O)(=O)c1ccccc1F. The molecule has 0 amide bonds. The summed E-state index contributed by atoms with van der Waals surface area (Å²) in [5.74, 6) is -2.57. The molecule has 6 nitrogen and oxygen atoms in total. The van der Waals surface area contributed by atoms with Crippen molar-refractivity contribution in [1.82, 2.24) is 0 Å². The first kappa shape index (κ1) is 13.6. The van der Waals surface area contributed by atoms with Gasteiger partial charge in [0.1, 0.15) is 22.1 Å². The lowest BCUT2D eigenvalue weighted by Crippen LogP contribution is -2.51. The number of aliphatic carboxylic acids is 1. The quantitative estimate of drug-likeness (QED) is 0.659. The maximum absolute atomic E-state index is 13.3. The van der Waals surface area contributed by atoms with E-state index < -0.39 is 37.9 Å². The van der Waals surface area contributed by atoms with Gasteiger partial charge in [-0.3, -0.25) is 4.79 Å². The van der Waals surface area contributed by atoms with Crippen molar-refractivity contribution < 1.29 is 22.7 Å². The van der Waals surface area contributed by atoms with Gasteiger partial charge >= 0.3 is 5.97 Å². The molecular weight excluding hydrogens is 251 g/mol. The zero-order valence-corrected chi connectivity index (χ0v) is 9.39. The molecule has 0 heterocycles. The Morgan fingerprint density at radius 2 is 1.82 bits per heavy atom. The molecule has 0 spiro atoms. The number of carbonyl (C=O) groups is 1. The van der Waals surface area contributed by atoms with Gasteiger partial charge in [0.15, 0.2) is 9.84 Å². The van der Waals surface area contributed by atoms with E-state index >= 15 is 0 Å². The highest BCUT2D eigenvalue weighted by atomic mass is 32.2. The molecule has 1 rings (SSSR count). The van der Waals surface area contributed by atoms with Crippen LogP contribution >= 0.6 is 0 Å². The molecule has 0 radical (unpaired) electrons. The van der Waals surface area contributed by atoms with Crippen molar-refractivity contribution in [2.45, 2.75) is 16.3 Å². The van der Waals surface area contributed by atoms with E-state index in [2.05, 4.69) is 0 Å². The summed E-state index contributed by atoms with van der Waals surface area (Å²) in [4.78, 5) is 9.88. The molecule has 94 valence electrons. The highest BCUT2D eigenvalue weighted by molar-refractivity contribution is 7.92. The molecule has 8 heteroatoms. The van der Waals surface area contributed by atoms with Crippen LogP contribution in [0.3, 0.4) is 0 Å². The lowest BCUT2D eigenvalue weighted by Gasteiger charge is -2.16. The summed E-state index contributed by atoms with van der Waals surface area (Å²) in [6, 6.07) is 2.72. The van der Waals surface area contributed by atoms with Gasteiger partial charge in [0.05, 0.1) is 0 Å². The first-order valence-electron chi connectivity index (χ1n) is 4.51. The fraction of sp³-hybridized carbons (Fsp3) is 0.222. The summed E-state index contributed by atoms with van der Waals surface area (Å²) >= 11 is 0. The Morgan fingerprint density at radius 3 is 2.29 bits per heavy atom. The van der Waals surface area contributed by atoms with E-state index in [1.807, 2.05) is 0 Å². The van der Waals surface area contributed by atoms with Crippen LogP contribution in [0.15, 0.2) is 29.2 Å². The van der Waals surface area contributed by atoms with Crippen molar-refractivity contribution in [3.63, 3.8) is 0 Å². The normalized spacial score (nSPS) is 15.2. The zero-order chi connectivity index (χ0) is 13.2. The highest BCUT2D eigenvalue weighted by Crippen LogP contribution is 2.18. The number of carboxylic acids is 1. The number of sulfone groups is 1. The fourth-order valence-corrected chi connectivity index (χ4v) is 2.56. The number of halogens is 1. The van der Waals surface area contributed by atoms with Crippen LogP contribution in [-0.2, 0) is 14.6 Å². The molecule has 1 unspecified atom stereocenters. The summed E-state index contributed by atoms with van der Waals surface area (Å²) in [6.07, 6.45) is 0. The molecule has 0 saturated carbocycles. The second-order valence-electron chi connectivity index (χ2n) is 3.30. The lowest BCUT2D eigenvalue weighted by molar-refractivity contribution is -0.138. The maximum atomic E-state index is 13.3. The Balaban J connectivity index is 3.21. The van der Waals surface area contributed by atoms with Gasteiger partial charge in [-0.25, -0.2) is 12.8 Å². The highest BCUT2D eigenvalue weighted by Gasteiger charge is 2.35. The summed E-state index contributed by atoms with van der Waals surface area (Å²) in [5.41, 5.74) is 10.3. The van der Waals surface area contributed by atoms with Crippen LogP contribution in [0.1, 0.15) is 0 Å². The molecule has 0 aliphatic heterocycles. The third-order valence-electron chi connectivity index (χ3n) is 2.14. The van der Waals surface area contributed by atoms with Gasteiger partial charge in [0.25, 0.3) is 0 Å². The molecule has 0 saturated heterocycles. The van der Waals surface area contributed by atoms with E-state index in [9.17, 15) is 17.6 Å². The van der Waals surface area contributed by atoms with Crippen LogP contribution in [0.2, 0.25) is 0 Å². The Kier molecular flexibility index (Phi) is 3.81. The van der Waals surface area contributed by atoms with E-state index in [4.69, 9.17) is 16.6 Å². The third kappa shape index (κ3) is 2.60. The summed E-state index contributed by atoms with van der Waals surface area (Å²) in [6.45, 7) is 0. The molecule has 1 aromatic rings. The monoisotopic (exact) mass is 262 g/mol. The molecule has 0 aromatic heterocycles. The second kappa shape index (κ2) is 4.78. The van der Waals surface area contributed by atoms with Crippen molar-refractivity contribution in [1.29, 1.82) is 0 Å². The smallest absolute Gasteiger partial charge is 0.323 e. The number of benzene rings is 1. The zero-order valence-electron chi connectivity index (χ0n) is 8.58. The minimum Gasteiger partial charge on any atom is -0.480 e. The molecule has 0 fully saturated rings. The minimum atomic E-state index is -4.32. The van der Waals surface area contributed by atoms with E-state index in [-0.39, 0.29) is 0 Å². The van der Waals surface area contributed by atoms with Gasteiger partial charge in [-0.2, -0.15) is 0 Å². The first-order valence-corrected chi connectivity index (χ1v) is 6.05. The minimum absolute atomic E-state index is 0.663. The Morgan fingerprint density at radius 1 is 1.29 bits per heavy atom. The van der Waals surface area contributed by atoms with Crippen LogP contribution < -0.4 is 11.5 Å². The lowest BCUT2D eigenvalue weighted by atomic mass is 10.3. The van der Waals surface area contributed by atoms with Gasteiger partial charge in [0.2, 0.25) is 0 Å². The number of rotatable bonds is 4. The van der Waals surface area contributed by atoms with E-state index in [0.29, 0.717) is 0 Å². The van der Waals surface area contributed by atoms with Crippen LogP contribution in [0, 0.1) is 5.82 Å². The van der Waals surface area contributed by atoms with Gasteiger partial charge in [-0.15, -0.1) is 0 Å². The van der Waals surface area contributed by atoms with Crippen LogP contribution in [0.25, 0.3) is 0 Å². The molecule has 1 aromatic carbocycles. The van der Waals surface area contributed by atoms with Crippen molar-refractivity contribution in [2.75, 3.05) is 0 Å². The average Bonchev–Trinajstić information content (AvgIpc) is 2.27. The maximum Gasteiger partial charge on any atom is 0.323 e. The number of carboxylic acid groups (broad SMARTS) is 1. The van der Waals surface area contributed by atoms with E-state index in [1.54, 1.807) is 0 Å². The Labute approximate surface area is 97.0 Å². The number of hydrogen-bond acceptors (Lipinski definition) is 5. The van der Waals surface area contributed by atoms with E-state index in [1.165, 1.54) is 12.1 Å². The Hall–Kier alpha value is -1.51. The van der Waals surface area contributed by atoms with Crippen molar-refractivity contribution in [2.24, 2.45) is 11.5 Å². The van der Waals surface area contributed by atoms with Crippen molar-refractivity contribution in [3.05, 3.63) is 30.1 Å². The van der Waals surface area contributed by atoms with Gasteiger partial charge < -0.3 is 16.6 Å². The molecule has 5 N–H and O–H groups in total. The standard InChI is InChI=1S/C9H11FN2O4S/c10-5-3-1-2-4-6(5)17(15,16)8(12)7(11)9(13)14/h1-4,7-8H,11-12H2,(H,13,14)/t7?,8-/m0/s1. The summed E-state index contributed by atoms with van der Waals surface area (Å²) < 4.78 is 36.9. The number of nitrogens with two attached hydrogens (primary N) is 2. The number of hydrogen-bond donors (Lipinski definition) is 3. The van der Waals surface area contributed by atoms with Gasteiger partial charge in [-0.1, -0.05) is 12.1 Å². The molecule has 17 heavy (non-hydrogen) atoms. The molecule has 2 atom stereocenters. The van der Waals surface area contributed by atoms with E-state index in [0.717, 1.165) is 12.1 Å². The fourth-order valence-electron chi connectivity index (χ4n) is 1.16. The summed E-state index contributed by atoms with van der Waals surface area (Å²) in [5, 5.41) is 6.66. The molecule has 0 aliphatic carbocycles. The first-order chi connectivity index (χ1) is 7.78. The Bertz CT molecular complexity index is 532. The van der Waals surface area contributed by atoms with Gasteiger partial charge in [-0.05, 0) is 12.1 Å². The van der Waals surface area contributed by atoms with Crippen LogP contribution in [0.4, 0.5) is 4.39 Å². The topological polar surface area (TPSA) is 123 Å². The van der Waals surface area contributed by atoms with Crippen molar-refractivity contribution in [3.8, 4) is 0 Å². The van der Waals surface area contributed by atoms with Crippen molar-refractivity contribution >= 4 is 15.8 Å². The molecule has 0 aliphatic rings. The summed E-state index contributed by atoms with van der Waals surface area (Å²) in [7, 11) is -4.32. The van der Waals surface area contributed by atoms with Crippen LogP contribution in [0.5, 0.6) is 0 Å². The van der Waals surface area contributed by atoms with Crippen LogP contribution in [-0.4, -0.2) is 30.9 Å². The molecular formula is C9H11FN2O4S. The largest absolute Gasteiger partial charge is 0.480 e. The second-order valence-corrected chi connectivity index (χ2v) is 5.38. The van der Waals surface area contributed by atoms with Gasteiger partial charge in [0, 0.05) is 0 Å². The predicted molar refractivity (Wildman–Crippen MR) is 57.2 cm³/mol. The third-order valence-corrected chi connectivity index (χ3v) is 4.09.